The highest BCUT2D eigenvalue weighted by atomic mass is 32.2. The molecule has 0 aliphatic carbocycles. The van der Waals surface area contributed by atoms with Crippen LogP contribution in [0.25, 0.3) is 22.3 Å². The Bertz CT molecular complexity index is 1070. The molecule has 0 saturated carbocycles. The summed E-state index contributed by atoms with van der Waals surface area (Å²) in [5, 5.41) is 4.89. The predicted octanol–water partition coefficient (Wildman–Crippen LogP) is 5.60. The highest BCUT2D eigenvalue weighted by molar-refractivity contribution is 7.98. The van der Waals surface area contributed by atoms with E-state index in [0.29, 0.717) is 17.2 Å². The first-order valence-corrected chi connectivity index (χ1v) is 8.96. The van der Waals surface area contributed by atoms with E-state index in [0.717, 1.165) is 27.9 Å². The summed E-state index contributed by atoms with van der Waals surface area (Å²) in [4.78, 5) is 9.63. The molecule has 0 amide bonds. The zero-order chi connectivity index (χ0) is 18.9. The molecule has 0 unspecified atom stereocenters. The van der Waals surface area contributed by atoms with Gasteiger partial charge in [-0.05, 0) is 24.3 Å². The molecule has 0 aliphatic heterocycles. The minimum atomic E-state index is -4.37. The lowest BCUT2D eigenvalue weighted by atomic mass is 10.1. The van der Waals surface area contributed by atoms with Crippen molar-refractivity contribution >= 4 is 22.7 Å². The maximum absolute atomic E-state index is 12.6. The first-order valence-electron chi connectivity index (χ1n) is 7.97. The molecule has 8 heteroatoms. The Morgan fingerprint density at radius 3 is 2.52 bits per heavy atom. The minimum Gasteiger partial charge on any atom is -0.338 e. The van der Waals surface area contributed by atoms with Crippen LogP contribution >= 0.6 is 11.8 Å². The standard InChI is InChI=1S/C19H12F3N3OS/c20-19(21,22)13-7-5-12(6-8-13)18-24-17(26-25-18)11-27-16-9-10-23-15-4-2-1-3-14(15)16/h1-10H,11H2. The van der Waals surface area contributed by atoms with Crippen LogP contribution in [-0.2, 0) is 11.9 Å². The molecule has 2 aromatic heterocycles. The minimum absolute atomic E-state index is 0.263. The Morgan fingerprint density at radius 2 is 1.74 bits per heavy atom. The summed E-state index contributed by atoms with van der Waals surface area (Å²) in [5.74, 6) is 1.11. The number of halogens is 3. The van der Waals surface area contributed by atoms with E-state index in [9.17, 15) is 13.2 Å². The van der Waals surface area contributed by atoms with Crippen LogP contribution in [0.1, 0.15) is 11.5 Å². The molecule has 0 saturated heterocycles. The van der Waals surface area contributed by atoms with Gasteiger partial charge in [0.2, 0.25) is 11.7 Å². The number of hydrogen-bond acceptors (Lipinski definition) is 5. The molecule has 0 radical (unpaired) electrons. The first-order chi connectivity index (χ1) is 13.0. The lowest BCUT2D eigenvalue weighted by molar-refractivity contribution is -0.137. The van der Waals surface area contributed by atoms with Gasteiger partial charge in [-0.1, -0.05) is 35.5 Å². The van der Waals surface area contributed by atoms with E-state index in [1.54, 1.807) is 6.20 Å². The number of hydrogen-bond donors (Lipinski definition) is 0. The molecular formula is C19H12F3N3OS. The maximum Gasteiger partial charge on any atom is 0.416 e. The molecule has 0 bridgehead atoms. The molecule has 4 aromatic rings. The van der Waals surface area contributed by atoms with E-state index < -0.39 is 11.7 Å². The smallest absolute Gasteiger partial charge is 0.338 e. The summed E-state index contributed by atoms with van der Waals surface area (Å²) < 4.78 is 43.2. The summed E-state index contributed by atoms with van der Waals surface area (Å²) in [6.45, 7) is 0. The number of nitrogens with zero attached hydrogens (tertiary/aromatic N) is 3. The van der Waals surface area contributed by atoms with Gasteiger partial charge in [0.05, 0.1) is 16.8 Å². The summed E-state index contributed by atoms with van der Waals surface area (Å²) in [6, 6.07) is 14.4. The van der Waals surface area contributed by atoms with Crippen molar-refractivity contribution in [1.82, 2.24) is 15.1 Å². The lowest BCUT2D eigenvalue weighted by Gasteiger charge is -2.05. The van der Waals surface area contributed by atoms with Gasteiger partial charge in [-0.3, -0.25) is 4.98 Å². The number of aromatic nitrogens is 3. The zero-order valence-corrected chi connectivity index (χ0v) is 14.6. The molecule has 0 spiro atoms. The Morgan fingerprint density at radius 1 is 0.963 bits per heavy atom. The molecule has 0 aliphatic rings. The van der Waals surface area contributed by atoms with E-state index >= 15 is 0 Å². The third-order valence-electron chi connectivity index (χ3n) is 3.90. The normalized spacial score (nSPS) is 11.8. The van der Waals surface area contributed by atoms with Crippen LogP contribution in [0.4, 0.5) is 13.2 Å². The van der Waals surface area contributed by atoms with Crippen molar-refractivity contribution in [2.75, 3.05) is 0 Å². The molecule has 0 fully saturated rings. The molecule has 0 N–H and O–H groups in total. The van der Waals surface area contributed by atoms with Gasteiger partial charge in [0.15, 0.2) is 0 Å². The fourth-order valence-electron chi connectivity index (χ4n) is 2.57. The Hall–Kier alpha value is -2.87. The average molecular weight is 387 g/mol. The van der Waals surface area contributed by atoms with Crippen LogP contribution in [0.5, 0.6) is 0 Å². The zero-order valence-electron chi connectivity index (χ0n) is 13.8. The van der Waals surface area contributed by atoms with Crippen molar-refractivity contribution in [3.63, 3.8) is 0 Å². The fraction of sp³-hybridized carbons (Fsp3) is 0.105. The van der Waals surface area contributed by atoms with Crippen molar-refractivity contribution in [1.29, 1.82) is 0 Å². The summed E-state index contributed by atoms with van der Waals surface area (Å²) in [6.07, 6.45) is -2.63. The SMILES string of the molecule is FC(F)(F)c1ccc(-c2noc(CSc3ccnc4ccccc34)n2)cc1. The topological polar surface area (TPSA) is 51.8 Å². The first kappa shape index (κ1) is 17.5. The van der Waals surface area contributed by atoms with Crippen molar-refractivity contribution in [3.05, 3.63) is 72.2 Å². The molecule has 4 nitrogen and oxygen atoms in total. The number of benzene rings is 2. The lowest BCUT2D eigenvalue weighted by Crippen LogP contribution is -2.04. The Balaban J connectivity index is 1.50. The molecule has 2 heterocycles. The summed E-state index contributed by atoms with van der Waals surface area (Å²) in [5.41, 5.74) is 0.658. The molecular weight excluding hydrogens is 375 g/mol. The highest BCUT2D eigenvalue weighted by Crippen LogP contribution is 2.31. The van der Waals surface area contributed by atoms with Crippen LogP contribution < -0.4 is 0 Å². The molecule has 4 rings (SSSR count). The Kier molecular flexibility index (Phi) is 4.57. The molecule has 136 valence electrons. The number of thioether (sulfide) groups is 1. The number of alkyl halides is 3. The van der Waals surface area contributed by atoms with Crippen molar-refractivity contribution in [3.8, 4) is 11.4 Å². The van der Waals surface area contributed by atoms with Crippen LogP contribution in [0.3, 0.4) is 0 Å². The van der Waals surface area contributed by atoms with Gasteiger partial charge in [0, 0.05) is 22.0 Å². The van der Waals surface area contributed by atoms with Crippen LogP contribution in [0.2, 0.25) is 0 Å². The van der Waals surface area contributed by atoms with E-state index in [-0.39, 0.29) is 5.82 Å². The largest absolute Gasteiger partial charge is 0.416 e. The maximum atomic E-state index is 12.6. The monoisotopic (exact) mass is 387 g/mol. The highest BCUT2D eigenvalue weighted by Gasteiger charge is 2.30. The second kappa shape index (κ2) is 7.03. The van der Waals surface area contributed by atoms with Gasteiger partial charge < -0.3 is 4.52 Å². The van der Waals surface area contributed by atoms with E-state index in [1.165, 1.54) is 23.9 Å². The van der Waals surface area contributed by atoms with Gasteiger partial charge in [-0.2, -0.15) is 18.2 Å². The van der Waals surface area contributed by atoms with Crippen molar-refractivity contribution in [2.45, 2.75) is 16.8 Å². The van der Waals surface area contributed by atoms with Gasteiger partial charge >= 0.3 is 6.18 Å². The van der Waals surface area contributed by atoms with Crippen LogP contribution in [0.15, 0.2) is 70.2 Å². The van der Waals surface area contributed by atoms with E-state index in [4.69, 9.17) is 4.52 Å². The number of para-hydroxylation sites is 1. The second-order valence-corrected chi connectivity index (χ2v) is 6.72. The second-order valence-electron chi connectivity index (χ2n) is 5.70. The molecule has 27 heavy (non-hydrogen) atoms. The predicted molar refractivity (Wildman–Crippen MR) is 96.0 cm³/mol. The number of fused-ring (bicyclic) bond motifs is 1. The molecule has 0 atom stereocenters. The quantitative estimate of drug-likeness (QED) is 0.427. The van der Waals surface area contributed by atoms with Gasteiger partial charge in [0.1, 0.15) is 0 Å². The van der Waals surface area contributed by atoms with Crippen molar-refractivity contribution in [2.24, 2.45) is 0 Å². The number of rotatable bonds is 4. The Labute approximate surface area is 156 Å². The number of pyridine rings is 1. The third-order valence-corrected chi connectivity index (χ3v) is 4.96. The van der Waals surface area contributed by atoms with Gasteiger partial charge in [-0.15, -0.1) is 11.8 Å². The van der Waals surface area contributed by atoms with Crippen LogP contribution in [0, 0.1) is 0 Å². The van der Waals surface area contributed by atoms with E-state index in [2.05, 4.69) is 15.1 Å². The summed E-state index contributed by atoms with van der Waals surface area (Å²) >= 11 is 1.53. The average Bonchev–Trinajstić information content (AvgIpc) is 3.15. The molecule has 2 aromatic carbocycles. The van der Waals surface area contributed by atoms with Gasteiger partial charge in [-0.25, -0.2) is 0 Å². The van der Waals surface area contributed by atoms with E-state index in [1.807, 2.05) is 30.3 Å². The fourth-order valence-corrected chi connectivity index (χ4v) is 3.46. The third kappa shape index (κ3) is 3.80. The van der Waals surface area contributed by atoms with Crippen molar-refractivity contribution < 1.29 is 17.7 Å². The van der Waals surface area contributed by atoms with Gasteiger partial charge in [0.25, 0.3) is 0 Å². The van der Waals surface area contributed by atoms with Crippen LogP contribution in [-0.4, -0.2) is 15.1 Å². The summed E-state index contributed by atoms with van der Waals surface area (Å²) in [7, 11) is 0.